The van der Waals surface area contributed by atoms with Crippen LogP contribution in [0.2, 0.25) is 0 Å². The molecule has 0 spiro atoms. The molecule has 2 aliphatic carbocycles. The Hall–Kier alpha value is -1.90. The van der Waals surface area contributed by atoms with Crippen molar-refractivity contribution in [3.63, 3.8) is 0 Å². The summed E-state index contributed by atoms with van der Waals surface area (Å²) >= 11 is 0. The standard InChI is InChI=1S/C25H28O2/c1-24(2)19-12-13-25(24,3)23(27)21(19)22(26)20-17-10-6-4-8-15(17)14-16-9-5-7-11-18(16)20/h4-11,14,19,21-23,26-27H,12-13H2,1-3H3/t19-,21+,22+,23-,25+/m1/s1. The lowest BCUT2D eigenvalue weighted by molar-refractivity contribution is -0.0507. The highest BCUT2D eigenvalue weighted by Crippen LogP contribution is 2.69. The fourth-order valence-corrected chi connectivity index (χ4v) is 6.36. The molecular weight excluding hydrogens is 332 g/mol. The molecule has 5 atom stereocenters. The summed E-state index contributed by atoms with van der Waals surface area (Å²) in [5.74, 6) is 0.221. The lowest BCUT2D eigenvalue weighted by atomic mass is 9.70. The number of benzene rings is 3. The maximum Gasteiger partial charge on any atom is 0.0857 e. The van der Waals surface area contributed by atoms with Gasteiger partial charge in [0.1, 0.15) is 0 Å². The van der Waals surface area contributed by atoms with E-state index < -0.39 is 12.2 Å². The number of hydrogen-bond acceptors (Lipinski definition) is 2. The van der Waals surface area contributed by atoms with Crippen molar-refractivity contribution in [2.24, 2.45) is 22.7 Å². The molecule has 0 saturated heterocycles. The summed E-state index contributed by atoms with van der Waals surface area (Å²) in [6, 6.07) is 18.8. The summed E-state index contributed by atoms with van der Waals surface area (Å²) < 4.78 is 0. The molecule has 27 heavy (non-hydrogen) atoms. The first-order valence-corrected chi connectivity index (χ1v) is 10.1. The Balaban J connectivity index is 1.74. The number of aliphatic hydroxyl groups is 2. The summed E-state index contributed by atoms with van der Waals surface area (Å²) in [6.45, 7) is 6.77. The molecule has 5 rings (SSSR count). The minimum atomic E-state index is -0.664. The van der Waals surface area contributed by atoms with E-state index in [1.807, 2.05) is 24.3 Å². The molecule has 2 fully saturated rings. The zero-order chi connectivity index (χ0) is 19.0. The Labute approximate surface area is 160 Å². The molecular formula is C25H28O2. The monoisotopic (exact) mass is 360 g/mol. The van der Waals surface area contributed by atoms with Gasteiger partial charge >= 0.3 is 0 Å². The van der Waals surface area contributed by atoms with E-state index in [9.17, 15) is 10.2 Å². The maximum atomic E-state index is 11.7. The van der Waals surface area contributed by atoms with E-state index in [1.54, 1.807) is 0 Å². The van der Waals surface area contributed by atoms with Gasteiger partial charge < -0.3 is 10.2 Å². The number of rotatable bonds is 2. The van der Waals surface area contributed by atoms with Crippen LogP contribution in [-0.4, -0.2) is 16.3 Å². The highest BCUT2D eigenvalue weighted by molar-refractivity contribution is 6.02. The summed E-state index contributed by atoms with van der Waals surface area (Å²) in [4.78, 5) is 0. The van der Waals surface area contributed by atoms with Crippen LogP contribution >= 0.6 is 0 Å². The van der Waals surface area contributed by atoms with Crippen molar-refractivity contribution < 1.29 is 10.2 Å². The van der Waals surface area contributed by atoms with Crippen LogP contribution in [0.3, 0.4) is 0 Å². The molecule has 0 unspecified atom stereocenters. The average molecular weight is 360 g/mol. The van der Waals surface area contributed by atoms with Gasteiger partial charge in [0.05, 0.1) is 12.2 Å². The van der Waals surface area contributed by atoms with Crippen molar-refractivity contribution >= 4 is 21.5 Å². The van der Waals surface area contributed by atoms with Crippen LogP contribution in [0.25, 0.3) is 21.5 Å². The van der Waals surface area contributed by atoms with E-state index in [2.05, 4.69) is 51.1 Å². The SMILES string of the molecule is CC1(C)[C@@H]2CC[C@@]1(C)[C@H](O)[C@@H]2[C@@H](O)c1c2ccccc2cc2ccccc12. The number of aliphatic hydroxyl groups excluding tert-OH is 2. The third-order valence-electron chi connectivity index (χ3n) is 8.33. The third-order valence-corrected chi connectivity index (χ3v) is 8.33. The Morgan fingerprint density at radius 3 is 2.00 bits per heavy atom. The zero-order valence-electron chi connectivity index (χ0n) is 16.3. The minimum absolute atomic E-state index is 0.0401. The van der Waals surface area contributed by atoms with Crippen LogP contribution in [-0.2, 0) is 0 Å². The van der Waals surface area contributed by atoms with Crippen LogP contribution < -0.4 is 0 Å². The second kappa shape index (κ2) is 5.56. The minimum Gasteiger partial charge on any atom is -0.392 e. The second-order valence-corrected chi connectivity index (χ2v) is 9.48. The van der Waals surface area contributed by atoms with Crippen molar-refractivity contribution in [2.75, 3.05) is 0 Å². The van der Waals surface area contributed by atoms with E-state index >= 15 is 0 Å². The fourth-order valence-electron chi connectivity index (χ4n) is 6.36. The lowest BCUT2D eigenvalue weighted by Gasteiger charge is -2.38. The number of hydrogen-bond donors (Lipinski definition) is 2. The molecule has 3 aromatic carbocycles. The Kier molecular flexibility index (Phi) is 3.54. The Bertz CT molecular complexity index is 983. The van der Waals surface area contributed by atoms with Gasteiger partial charge in [-0.1, -0.05) is 69.3 Å². The van der Waals surface area contributed by atoms with Gasteiger partial charge in [-0.3, -0.25) is 0 Å². The largest absolute Gasteiger partial charge is 0.392 e. The summed E-state index contributed by atoms with van der Waals surface area (Å²) in [7, 11) is 0. The lowest BCUT2D eigenvalue weighted by Crippen LogP contribution is -2.39. The van der Waals surface area contributed by atoms with E-state index in [-0.39, 0.29) is 16.7 Å². The van der Waals surface area contributed by atoms with E-state index in [4.69, 9.17) is 0 Å². The van der Waals surface area contributed by atoms with Gasteiger partial charge in [-0.15, -0.1) is 0 Å². The molecule has 0 radical (unpaired) electrons. The van der Waals surface area contributed by atoms with Gasteiger partial charge in [-0.25, -0.2) is 0 Å². The van der Waals surface area contributed by atoms with Crippen molar-refractivity contribution in [3.8, 4) is 0 Å². The van der Waals surface area contributed by atoms with E-state index in [0.29, 0.717) is 5.92 Å². The fraction of sp³-hybridized carbons (Fsp3) is 0.440. The van der Waals surface area contributed by atoms with Crippen molar-refractivity contribution in [1.82, 2.24) is 0 Å². The molecule has 2 heteroatoms. The first kappa shape index (κ1) is 17.2. The summed E-state index contributed by atoms with van der Waals surface area (Å²) in [5, 5.41) is 27.5. The summed E-state index contributed by atoms with van der Waals surface area (Å²) in [6.07, 6.45) is 0.998. The molecule has 0 aromatic heterocycles. The van der Waals surface area contributed by atoms with Gasteiger partial charge in [0.25, 0.3) is 0 Å². The zero-order valence-corrected chi connectivity index (χ0v) is 16.3. The van der Waals surface area contributed by atoms with Crippen LogP contribution in [0.5, 0.6) is 0 Å². The quantitative estimate of drug-likeness (QED) is 0.596. The van der Waals surface area contributed by atoms with Gasteiger partial charge in [0, 0.05) is 5.92 Å². The predicted octanol–water partition coefficient (Wildman–Crippen LogP) is 5.46. The van der Waals surface area contributed by atoms with Crippen LogP contribution in [0, 0.1) is 22.7 Å². The molecule has 2 saturated carbocycles. The van der Waals surface area contributed by atoms with Gasteiger partial charge in [0.15, 0.2) is 0 Å². The normalized spacial score (nSPS) is 33.0. The van der Waals surface area contributed by atoms with Crippen molar-refractivity contribution in [2.45, 2.75) is 45.8 Å². The molecule has 0 amide bonds. The van der Waals surface area contributed by atoms with Gasteiger partial charge in [-0.05, 0) is 62.8 Å². The average Bonchev–Trinajstić information content (AvgIpc) is 2.98. The van der Waals surface area contributed by atoms with Crippen molar-refractivity contribution in [1.29, 1.82) is 0 Å². The van der Waals surface area contributed by atoms with E-state index in [0.717, 1.165) is 39.9 Å². The first-order chi connectivity index (χ1) is 12.9. The highest BCUT2D eigenvalue weighted by atomic mass is 16.3. The summed E-state index contributed by atoms with van der Waals surface area (Å²) in [5.41, 5.74) is 0.905. The van der Waals surface area contributed by atoms with Crippen LogP contribution in [0.4, 0.5) is 0 Å². The molecule has 140 valence electrons. The molecule has 2 nitrogen and oxygen atoms in total. The molecule has 2 aliphatic rings. The van der Waals surface area contributed by atoms with Gasteiger partial charge in [0.2, 0.25) is 0 Å². The Morgan fingerprint density at radius 2 is 1.48 bits per heavy atom. The molecule has 0 heterocycles. The van der Waals surface area contributed by atoms with Gasteiger partial charge in [-0.2, -0.15) is 0 Å². The predicted molar refractivity (Wildman–Crippen MR) is 111 cm³/mol. The maximum absolute atomic E-state index is 11.7. The van der Waals surface area contributed by atoms with Crippen LogP contribution in [0.15, 0.2) is 54.6 Å². The topological polar surface area (TPSA) is 40.5 Å². The van der Waals surface area contributed by atoms with Crippen LogP contribution in [0.1, 0.15) is 45.3 Å². The van der Waals surface area contributed by atoms with Crippen molar-refractivity contribution in [3.05, 3.63) is 60.2 Å². The first-order valence-electron chi connectivity index (χ1n) is 10.1. The smallest absolute Gasteiger partial charge is 0.0857 e. The second-order valence-electron chi connectivity index (χ2n) is 9.48. The molecule has 0 aliphatic heterocycles. The number of fused-ring (bicyclic) bond motifs is 4. The van der Waals surface area contributed by atoms with E-state index in [1.165, 1.54) is 0 Å². The molecule has 2 bridgehead atoms. The molecule has 3 aromatic rings. The molecule has 2 N–H and O–H groups in total. The third kappa shape index (κ3) is 2.09. The Morgan fingerprint density at radius 1 is 0.926 bits per heavy atom. The highest BCUT2D eigenvalue weighted by Gasteiger charge is 2.67.